The lowest BCUT2D eigenvalue weighted by atomic mass is 10.1. The number of ether oxygens (including phenoxy) is 2. The number of rotatable bonds is 8. The maximum atomic E-state index is 12.5. The van der Waals surface area contributed by atoms with Crippen molar-refractivity contribution in [2.24, 2.45) is 0 Å². The summed E-state index contributed by atoms with van der Waals surface area (Å²) in [5, 5.41) is 8.66. The van der Waals surface area contributed by atoms with Crippen molar-refractivity contribution < 1.29 is 19.1 Å². The van der Waals surface area contributed by atoms with Gasteiger partial charge in [0, 0.05) is 18.1 Å². The zero-order valence-electron chi connectivity index (χ0n) is 13.9. The molecule has 0 aliphatic rings. The van der Waals surface area contributed by atoms with Crippen LogP contribution >= 0.6 is 11.3 Å². The van der Waals surface area contributed by atoms with Gasteiger partial charge in [0.25, 0.3) is 11.5 Å². The molecule has 2 rings (SSSR count). The molecule has 2 aromatic rings. The highest BCUT2D eigenvalue weighted by Gasteiger charge is 2.21. The Kier molecular flexibility index (Phi) is 6.84. The van der Waals surface area contributed by atoms with E-state index in [4.69, 9.17) is 4.74 Å². The van der Waals surface area contributed by atoms with Crippen LogP contribution in [0, 0.1) is 0 Å². The van der Waals surface area contributed by atoms with Crippen molar-refractivity contribution in [1.82, 2.24) is 15.1 Å². The molecule has 0 aliphatic carbocycles. The molecule has 1 atom stereocenters. The first-order chi connectivity index (χ1) is 12.0. The number of nitrogens with zero attached hydrogens (tertiary/aromatic N) is 2. The quantitative estimate of drug-likeness (QED) is 0.700. The van der Waals surface area contributed by atoms with Gasteiger partial charge in [-0.3, -0.25) is 14.4 Å². The summed E-state index contributed by atoms with van der Waals surface area (Å²) in [7, 11) is 2.81. The van der Waals surface area contributed by atoms with Gasteiger partial charge in [0.15, 0.2) is 0 Å². The van der Waals surface area contributed by atoms with Gasteiger partial charge in [-0.2, -0.15) is 5.10 Å². The van der Waals surface area contributed by atoms with Crippen molar-refractivity contribution in [3.05, 3.63) is 50.6 Å². The summed E-state index contributed by atoms with van der Waals surface area (Å²) in [4.78, 5) is 36.7. The number of esters is 1. The van der Waals surface area contributed by atoms with E-state index in [2.05, 4.69) is 15.2 Å². The standard InChI is InChI=1S/C16H19N3O5S/c1-23-8-7-19-14(20)6-5-11(18-19)16(22)17-12(10-15(21)24-2)13-4-3-9-25-13/h3-6,9,12H,7-8,10H2,1-2H3,(H,17,22)/t12-/m0/s1. The van der Waals surface area contributed by atoms with Gasteiger partial charge in [-0.15, -0.1) is 11.3 Å². The first-order valence-electron chi connectivity index (χ1n) is 7.53. The molecular formula is C16H19N3O5S. The first kappa shape index (κ1) is 18.8. The van der Waals surface area contributed by atoms with E-state index in [1.54, 1.807) is 0 Å². The van der Waals surface area contributed by atoms with Crippen LogP contribution in [0.1, 0.15) is 27.8 Å². The summed E-state index contributed by atoms with van der Waals surface area (Å²) in [5.74, 6) is -0.912. The largest absolute Gasteiger partial charge is 0.469 e. The summed E-state index contributed by atoms with van der Waals surface area (Å²) in [5.41, 5.74) is -0.236. The fourth-order valence-corrected chi connectivity index (χ4v) is 2.88. The molecule has 9 heteroatoms. The molecule has 2 aromatic heterocycles. The molecule has 0 bridgehead atoms. The first-order valence-corrected chi connectivity index (χ1v) is 8.41. The molecule has 0 fully saturated rings. The molecule has 0 saturated carbocycles. The van der Waals surface area contributed by atoms with Crippen LogP contribution in [0.15, 0.2) is 34.4 Å². The van der Waals surface area contributed by atoms with E-state index in [0.717, 1.165) is 4.88 Å². The van der Waals surface area contributed by atoms with E-state index in [0.29, 0.717) is 6.61 Å². The van der Waals surface area contributed by atoms with Crippen molar-refractivity contribution in [3.63, 3.8) is 0 Å². The van der Waals surface area contributed by atoms with Gasteiger partial charge >= 0.3 is 5.97 Å². The van der Waals surface area contributed by atoms with Crippen molar-refractivity contribution >= 4 is 23.2 Å². The molecule has 134 valence electrons. The van der Waals surface area contributed by atoms with E-state index in [9.17, 15) is 14.4 Å². The molecule has 1 N–H and O–H groups in total. The summed E-state index contributed by atoms with van der Waals surface area (Å²) in [6, 6.07) is 5.76. The van der Waals surface area contributed by atoms with E-state index in [1.165, 1.54) is 42.4 Å². The lowest BCUT2D eigenvalue weighted by Gasteiger charge is -2.16. The SMILES string of the molecule is COCCn1nc(C(=O)N[C@@H](CC(=O)OC)c2cccs2)ccc1=O. The van der Waals surface area contributed by atoms with Gasteiger partial charge in [0.2, 0.25) is 0 Å². The van der Waals surface area contributed by atoms with Crippen LogP contribution in [-0.2, 0) is 20.8 Å². The average Bonchev–Trinajstić information content (AvgIpc) is 3.14. The number of carbonyl (C=O) groups is 2. The maximum absolute atomic E-state index is 12.5. The van der Waals surface area contributed by atoms with Crippen LogP contribution in [0.5, 0.6) is 0 Å². The molecule has 0 aromatic carbocycles. The second kappa shape index (κ2) is 9.09. The number of aromatic nitrogens is 2. The Balaban J connectivity index is 2.17. The van der Waals surface area contributed by atoms with Crippen molar-refractivity contribution in [1.29, 1.82) is 0 Å². The molecule has 1 amide bonds. The zero-order valence-corrected chi connectivity index (χ0v) is 14.7. The molecule has 25 heavy (non-hydrogen) atoms. The van der Waals surface area contributed by atoms with Crippen molar-refractivity contribution in [2.45, 2.75) is 19.0 Å². The third-order valence-corrected chi connectivity index (χ3v) is 4.38. The normalized spacial score (nSPS) is 11.8. The summed E-state index contributed by atoms with van der Waals surface area (Å²) in [6.07, 6.45) is 0.00602. The predicted octanol–water partition coefficient (Wildman–Crippen LogP) is 0.985. The van der Waals surface area contributed by atoms with Gasteiger partial charge in [-0.25, -0.2) is 4.68 Å². The minimum absolute atomic E-state index is 0.00602. The predicted molar refractivity (Wildman–Crippen MR) is 91.5 cm³/mol. The fraction of sp³-hybridized carbons (Fsp3) is 0.375. The highest BCUT2D eigenvalue weighted by atomic mass is 32.1. The van der Waals surface area contributed by atoms with Gasteiger partial charge in [0.05, 0.1) is 32.7 Å². The molecule has 2 heterocycles. The second-order valence-electron chi connectivity index (χ2n) is 5.09. The topological polar surface area (TPSA) is 99.5 Å². The number of amides is 1. The number of methoxy groups -OCH3 is 2. The fourth-order valence-electron chi connectivity index (χ4n) is 2.10. The van der Waals surface area contributed by atoms with Gasteiger partial charge < -0.3 is 14.8 Å². The van der Waals surface area contributed by atoms with Gasteiger partial charge in [-0.1, -0.05) is 6.07 Å². The molecular weight excluding hydrogens is 346 g/mol. The Bertz CT molecular complexity index is 772. The minimum atomic E-state index is -0.527. The zero-order chi connectivity index (χ0) is 18.2. The average molecular weight is 365 g/mol. The number of carbonyl (C=O) groups excluding carboxylic acids is 2. The van der Waals surface area contributed by atoms with E-state index < -0.39 is 17.9 Å². The smallest absolute Gasteiger partial charge is 0.307 e. The Hall–Kier alpha value is -2.52. The monoisotopic (exact) mass is 365 g/mol. The highest BCUT2D eigenvalue weighted by molar-refractivity contribution is 7.10. The lowest BCUT2D eigenvalue weighted by Crippen LogP contribution is -2.33. The van der Waals surface area contributed by atoms with Crippen molar-refractivity contribution in [2.75, 3.05) is 20.8 Å². The van der Waals surface area contributed by atoms with Crippen LogP contribution < -0.4 is 10.9 Å². The van der Waals surface area contributed by atoms with Crippen LogP contribution in [0.25, 0.3) is 0 Å². The summed E-state index contributed by atoms with van der Waals surface area (Å²) >= 11 is 1.42. The molecule has 0 unspecified atom stereocenters. The van der Waals surface area contributed by atoms with Crippen LogP contribution in [-0.4, -0.2) is 42.5 Å². The Morgan fingerprint density at radius 2 is 2.12 bits per heavy atom. The van der Waals surface area contributed by atoms with Crippen molar-refractivity contribution in [3.8, 4) is 0 Å². The Morgan fingerprint density at radius 3 is 2.76 bits per heavy atom. The molecule has 0 spiro atoms. The van der Waals surface area contributed by atoms with Crippen LogP contribution in [0.2, 0.25) is 0 Å². The summed E-state index contributed by atoms with van der Waals surface area (Å²) < 4.78 is 10.8. The third-order valence-electron chi connectivity index (χ3n) is 3.40. The Labute approximate surface area is 148 Å². The number of thiophene rings is 1. The van der Waals surface area contributed by atoms with Gasteiger partial charge in [0.1, 0.15) is 5.69 Å². The van der Waals surface area contributed by atoms with Crippen LogP contribution in [0.3, 0.4) is 0 Å². The molecule has 0 aliphatic heterocycles. The van der Waals surface area contributed by atoms with E-state index in [-0.39, 0.29) is 24.2 Å². The van der Waals surface area contributed by atoms with Gasteiger partial charge in [-0.05, 0) is 17.5 Å². The molecule has 8 nitrogen and oxygen atoms in total. The number of hydrogen-bond acceptors (Lipinski definition) is 7. The Morgan fingerprint density at radius 1 is 1.32 bits per heavy atom. The lowest BCUT2D eigenvalue weighted by molar-refractivity contribution is -0.141. The maximum Gasteiger partial charge on any atom is 0.307 e. The number of nitrogens with one attached hydrogen (secondary N) is 1. The second-order valence-corrected chi connectivity index (χ2v) is 6.07. The molecule has 0 saturated heterocycles. The minimum Gasteiger partial charge on any atom is -0.469 e. The molecule has 0 radical (unpaired) electrons. The van der Waals surface area contributed by atoms with Crippen LogP contribution in [0.4, 0.5) is 0 Å². The highest BCUT2D eigenvalue weighted by Crippen LogP contribution is 2.22. The van der Waals surface area contributed by atoms with E-state index >= 15 is 0 Å². The summed E-state index contributed by atoms with van der Waals surface area (Å²) in [6.45, 7) is 0.547. The third kappa shape index (κ3) is 5.23. The number of hydrogen-bond donors (Lipinski definition) is 1. The van der Waals surface area contributed by atoms with E-state index in [1.807, 2.05) is 17.5 Å².